The molecule has 0 aliphatic carbocycles. The molecule has 4 heteroatoms. The summed E-state index contributed by atoms with van der Waals surface area (Å²) in [6.45, 7) is 0.679. The maximum atomic E-state index is 12.8. The van der Waals surface area contributed by atoms with Crippen LogP contribution in [0.1, 0.15) is 16.8 Å². The first-order valence-corrected chi connectivity index (χ1v) is 8.25. The summed E-state index contributed by atoms with van der Waals surface area (Å²) in [6.07, 6.45) is 6.72. The summed E-state index contributed by atoms with van der Waals surface area (Å²) in [6, 6.07) is 18.7. The van der Waals surface area contributed by atoms with Crippen LogP contribution in [0, 0.1) is 5.92 Å². The lowest BCUT2D eigenvalue weighted by Gasteiger charge is -2.27. The first-order valence-electron chi connectivity index (χ1n) is 8.25. The monoisotopic (exact) mass is 317 g/mol. The maximum absolute atomic E-state index is 12.8. The lowest BCUT2D eigenvalue weighted by molar-refractivity contribution is 0.0833. The van der Waals surface area contributed by atoms with Gasteiger partial charge in [-0.15, -0.1) is 0 Å². The molecule has 1 aliphatic heterocycles. The number of para-hydroxylation sites is 2. The molecule has 1 unspecified atom stereocenters. The fraction of sp³-hybridized carbons (Fsp3) is 0.200. The number of imidazole rings is 1. The van der Waals surface area contributed by atoms with Crippen molar-refractivity contribution in [1.29, 1.82) is 0 Å². The van der Waals surface area contributed by atoms with Gasteiger partial charge in [-0.2, -0.15) is 0 Å². The van der Waals surface area contributed by atoms with Crippen LogP contribution < -0.4 is 4.90 Å². The number of carbonyl (C=O) groups is 1. The fourth-order valence-corrected chi connectivity index (χ4v) is 3.38. The minimum Gasteiger partial charge on any atom is -0.340 e. The second kappa shape index (κ2) is 6.32. The van der Waals surface area contributed by atoms with Crippen LogP contribution in [0.3, 0.4) is 0 Å². The Morgan fingerprint density at radius 2 is 1.83 bits per heavy atom. The van der Waals surface area contributed by atoms with Crippen LogP contribution in [0.2, 0.25) is 0 Å². The molecule has 0 saturated heterocycles. The molecule has 2 heterocycles. The van der Waals surface area contributed by atoms with Crippen molar-refractivity contribution >= 4 is 17.3 Å². The Kier molecular flexibility index (Phi) is 3.87. The molecule has 0 radical (unpaired) electrons. The molecule has 0 amide bonds. The summed E-state index contributed by atoms with van der Waals surface area (Å²) >= 11 is 0. The van der Waals surface area contributed by atoms with E-state index in [9.17, 15) is 4.79 Å². The molecule has 4 nitrogen and oxygen atoms in total. The number of fused-ring (bicyclic) bond motifs is 1. The Morgan fingerprint density at radius 1 is 1.04 bits per heavy atom. The number of nitrogens with zero attached hydrogens (tertiary/aromatic N) is 3. The summed E-state index contributed by atoms with van der Waals surface area (Å²) in [5.74, 6) is 0.0491. The van der Waals surface area contributed by atoms with Gasteiger partial charge in [0.25, 0.3) is 0 Å². The van der Waals surface area contributed by atoms with Gasteiger partial charge in [-0.25, -0.2) is 4.98 Å². The SMILES string of the molecule is O=C(C1CCc2ccccc2N(c2ccccc2)C1)n1ccnc1. The number of rotatable bonds is 2. The molecule has 1 aliphatic rings. The quantitative estimate of drug-likeness (QED) is 0.719. The second-order valence-electron chi connectivity index (χ2n) is 6.12. The maximum Gasteiger partial charge on any atom is 0.236 e. The fourth-order valence-electron chi connectivity index (χ4n) is 3.38. The van der Waals surface area contributed by atoms with E-state index in [1.165, 1.54) is 11.3 Å². The molecule has 2 aromatic carbocycles. The smallest absolute Gasteiger partial charge is 0.236 e. The molecule has 0 spiro atoms. The minimum atomic E-state index is -0.0631. The van der Waals surface area contributed by atoms with Crippen molar-refractivity contribution in [2.45, 2.75) is 12.8 Å². The summed E-state index contributed by atoms with van der Waals surface area (Å²) in [4.78, 5) is 19.1. The average molecular weight is 317 g/mol. The highest BCUT2D eigenvalue weighted by Gasteiger charge is 2.28. The van der Waals surface area contributed by atoms with Gasteiger partial charge in [0.15, 0.2) is 0 Å². The van der Waals surface area contributed by atoms with Crippen LogP contribution in [0.5, 0.6) is 0 Å². The highest BCUT2D eigenvalue weighted by molar-refractivity contribution is 5.83. The van der Waals surface area contributed by atoms with Crippen LogP contribution in [-0.4, -0.2) is 22.0 Å². The zero-order valence-electron chi connectivity index (χ0n) is 13.4. The molecule has 120 valence electrons. The predicted octanol–water partition coefficient (Wildman–Crippen LogP) is 3.92. The number of aryl methyl sites for hydroxylation is 1. The van der Waals surface area contributed by atoms with E-state index in [0.29, 0.717) is 6.54 Å². The number of aromatic nitrogens is 2. The normalized spacial score (nSPS) is 17.2. The molecule has 0 N–H and O–H groups in total. The molecular formula is C20H19N3O. The van der Waals surface area contributed by atoms with Gasteiger partial charge in [-0.1, -0.05) is 36.4 Å². The first kappa shape index (κ1) is 14.7. The van der Waals surface area contributed by atoms with Gasteiger partial charge in [-0.3, -0.25) is 9.36 Å². The van der Waals surface area contributed by atoms with Crippen molar-refractivity contribution in [3.63, 3.8) is 0 Å². The highest BCUT2D eigenvalue weighted by atomic mass is 16.2. The van der Waals surface area contributed by atoms with Gasteiger partial charge < -0.3 is 4.90 Å². The first-order chi connectivity index (χ1) is 11.8. The van der Waals surface area contributed by atoms with Crippen LogP contribution in [-0.2, 0) is 6.42 Å². The molecule has 4 rings (SSSR count). The lowest BCUT2D eigenvalue weighted by atomic mass is 10.0. The van der Waals surface area contributed by atoms with Crippen molar-refractivity contribution in [1.82, 2.24) is 9.55 Å². The van der Waals surface area contributed by atoms with E-state index in [0.717, 1.165) is 18.5 Å². The molecule has 0 bridgehead atoms. The third-order valence-corrected chi connectivity index (χ3v) is 4.62. The van der Waals surface area contributed by atoms with E-state index in [1.54, 1.807) is 23.3 Å². The standard InChI is InChI=1S/C20H19N3O/c24-20(22-13-12-21-15-22)17-11-10-16-6-4-5-9-19(16)23(14-17)18-7-2-1-3-8-18/h1-9,12-13,15,17H,10-11,14H2. The summed E-state index contributed by atoms with van der Waals surface area (Å²) in [5.41, 5.74) is 3.61. The Bertz CT molecular complexity index is 827. The second-order valence-corrected chi connectivity index (χ2v) is 6.12. The van der Waals surface area contributed by atoms with E-state index in [-0.39, 0.29) is 11.8 Å². The zero-order valence-corrected chi connectivity index (χ0v) is 13.4. The number of anilines is 2. The van der Waals surface area contributed by atoms with Gasteiger partial charge in [-0.05, 0) is 36.6 Å². The summed E-state index contributed by atoms with van der Waals surface area (Å²) in [5, 5.41) is 0. The van der Waals surface area contributed by atoms with E-state index in [2.05, 4.69) is 46.3 Å². The third-order valence-electron chi connectivity index (χ3n) is 4.62. The van der Waals surface area contributed by atoms with Gasteiger partial charge >= 0.3 is 0 Å². The highest BCUT2D eigenvalue weighted by Crippen LogP contribution is 2.34. The van der Waals surface area contributed by atoms with E-state index in [1.807, 2.05) is 18.2 Å². The van der Waals surface area contributed by atoms with Gasteiger partial charge in [0.1, 0.15) is 6.33 Å². The summed E-state index contributed by atoms with van der Waals surface area (Å²) in [7, 11) is 0. The van der Waals surface area contributed by atoms with Crippen LogP contribution >= 0.6 is 0 Å². The largest absolute Gasteiger partial charge is 0.340 e. The average Bonchev–Trinajstić information content (AvgIpc) is 3.10. The third kappa shape index (κ3) is 2.71. The van der Waals surface area contributed by atoms with Crippen LogP contribution in [0.25, 0.3) is 0 Å². The van der Waals surface area contributed by atoms with E-state index in [4.69, 9.17) is 0 Å². The molecule has 3 aromatic rings. The number of carbonyl (C=O) groups excluding carboxylic acids is 1. The Labute approximate surface area is 141 Å². The van der Waals surface area contributed by atoms with E-state index < -0.39 is 0 Å². The molecule has 24 heavy (non-hydrogen) atoms. The van der Waals surface area contributed by atoms with E-state index >= 15 is 0 Å². The van der Waals surface area contributed by atoms with Crippen molar-refractivity contribution < 1.29 is 4.79 Å². The van der Waals surface area contributed by atoms with Crippen molar-refractivity contribution in [2.75, 3.05) is 11.4 Å². The Hall–Kier alpha value is -2.88. The number of hydrogen-bond donors (Lipinski definition) is 0. The van der Waals surface area contributed by atoms with Gasteiger partial charge in [0.05, 0.1) is 5.92 Å². The predicted molar refractivity (Wildman–Crippen MR) is 94.6 cm³/mol. The van der Waals surface area contributed by atoms with Crippen molar-refractivity contribution in [3.8, 4) is 0 Å². The lowest BCUT2D eigenvalue weighted by Crippen LogP contribution is -2.31. The number of benzene rings is 2. The van der Waals surface area contributed by atoms with Crippen LogP contribution in [0.4, 0.5) is 11.4 Å². The van der Waals surface area contributed by atoms with Crippen LogP contribution in [0.15, 0.2) is 73.3 Å². The number of hydrogen-bond acceptors (Lipinski definition) is 3. The topological polar surface area (TPSA) is 38.1 Å². The molecule has 1 aromatic heterocycles. The Morgan fingerprint density at radius 3 is 2.62 bits per heavy atom. The van der Waals surface area contributed by atoms with Crippen molar-refractivity contribution in [2.24, 2.45) is 5.92 Å². The molecule has 0 fully saturated rings. The minimum absolute atomic E-state index is 0.0631. The van der Waals surface area contributed by atoms with Gasteiger partial charge in [0.2, 0.25) is 5.91 Å². The molecular weight excluding hydrogens is 298 g/mol. The summed E-state index contributed by atoms with van der Waals surface area (Å²) < 4.78 is 1.60. The molecule has 0 saturated carbocycles. The zero-order chi connectivity index (χ0) is 16.4. The Balaban J connectivity index is 1.72. The molecule has 1 atom stereocenters. The van der Waals surface area contributed by atoms with Crippen molar-refractivity contribution in [3.05, 3.63) is 78.9 Å². The van der Waals surface area contributed by atoms with Gasteiger partial charge in [0, 0.05) is 30.3 Å².